The van der Waals surface area contributed by atoms with E-state index in [0.29, 0.717) is 35.4 Å². The molecule has 0 aliphatic carbocycles. The predicted molar refractivity (Wildman–Crippen MR) is 156 cm³/mol. The summed E-state index contributed by atoms with van der Waals surface area (Å²) in [5.74, 6) is 2.33. The third-order valence-corrected chi connectivity index (χ3v) is 7.14. The van der Waals surface area contributed by atoms with Gasteiger partial charge in [-0.1, -0.05) is 63.3 Å². The first-order chi connectivity index (χ1) is 18.4. The Morgan fingerprint density at radius 1 is 0.605 bits per heavy atom. The lowest BCUT2D eigenvalue weighted by molar-refractivity contribution is 0.303. The van der Waals surface area contributed by atoms with E-state index in [4.69, 9.17) is 19.7 Å². The summed E-state index contributed by atoms with van der Waals surface area (Å²) in [6.07, 6.45) is 7.25. The van der Waals surface area contributed by atoms with Crippen molar-refractivity contribution in [2.75, 3.05) is 6.61 Å². The molecule has 38 heavy (non-hydrogen) atoms. The standard InChI is InChI=1S/C33H39N3O2/c1-6-7-8-9-10-11-18-38-28-16-17-29(30(37)21-28)33-35-31(26-14-12-22(2)24(4)19-26)34-32(36-33)27-15-13-23(3)25(5)20-27/h12-17,19-21,37H,6-11,18H2,1-5H3. The zero-order valence-corrected chi connectivity index (χ0v) is 23.3. The Hall–Kier alpha value is -3.73. The molecule has 1 aromatic heterocycles. The number of benzene rings is 3. The lowest BCUT2D eigenvalue weighted by Crippen LogP contribution is -2.01. The highest BCUT2D eigenvalue weighted by atomic mass is 16.5. The first kappa shape index (κ1) is 27.3. The largest absolute Gasteiger partial charge is 0.507 e. The molecule has 5 nitrogen and oxygen atoms in total. The van der Waals surface area contributed by atoms with Crippen molar-refractivity contribution in [1.82, 2.24) is 15.0 Å². The van der Waals surface area contributed by atoms with E-state index >= 15 is 0 Å². The van der Waals surface area contributed by atoms with Crippen LogP contribution in [0.3, 0.4) is 0 Å². The van der Waals surface area contributed by atoms with Gasteiger partial charge in [0.1, 0.15) is 11.5 Å². The highest BCUT2D eigenvalue weighted by Gasteiger charge is 2.16. The smallest absolute Gasteiger partial charge is 0.167 e. The third-order valence-electron chi connectivity index (χ3n) is 7.14. The molecular weight excluding hydrogens is 470 g/mol. The van der Waals surface area contributed by atoms with Crippen LogP contribution < -0.4 is 4.74 Å². The molecule has 1 N–H and O–H groups in total. The van der Waals surface area contributed by atoms with Gasteiger partial charge >= 0.3 is 0 Å². The van der Waals surface area contributed by atoms with Crippen LogP contribution in [0.5, 0.6) is 11.5 Å². The van der Waals surface area contributed by atoms with Crippen LogP contribution >= 0.6 is 0 Å². The summed E-state index contributed by atoms with van der Waals surface area (Å²) in [4.78, 5) is 14.4. The quantitative estimate of drug-likeness (QED) is 0.205. The molecule has 0 saturated heterocycles. The first-order valence-electron chi connectivity index (χ1n) is 13.7. The van der Waals surface area contributed by atoms with Crippen molar-refractivity contribution in [1.29, 1.82) is 0 Å². The Kier molecular flexibility index (Phi) is 9.11. The van der Waals surface area contributed by atoms with E-state index in [9.17, 15) is 5.11 Å². The highest BCUT2D eigenvalue weighted by Crippen LogP contribution is 2.33. The minimum Gasteiger partial charge on any atom is -0.507 e. The molecule has 0 radical (unpaired) electrons. The van der Waals surface area contributed by atoms with E-state index in [1.54, 1.807) is 6.07 Å². The van der Waals surface area contributed by atoms with Gasteiger partial charge in [0.15, 0.2) is 17.5 Å². The van der Waals surface area contributed by atoms with Crippen molar-refractivity contribution in [3.8, 4) is 45.7 Å². The minimum atomic E-state index is 0.0914. The van der Waals surface area contributed by atoms with E-state index in [0.717, 1.165) is 24.0 Å². The van der Waals surface area contributed by atoms with Gasteiger partial charge in [-0.3, -0.25) is 0 Å². The highest BCUT2D eigenvalue weighted by molar-refractivity contribution is 5.71. The lowest BCUT2D eigenvalue weighted by atomic mass is 10.0. The number of aryl methyl sites for hydroxylation is 4. The van der Waals surface area contributed by atoms with Crippen molar-refractivity contribution in [3.63, 3.8) is 0 Å². The first-order valence-corrected chi connectivity index (χ1v) is 13.7. The Balaban J connectivity index is 1.64. The summed E-state index contributed by atoms with van der Waals surface area (Å²) in [6, 6.07) is 17.8. The van der Waals surface area contributed by atoms with Crippen LogP contribution in [0.4, 0.5) is 0 Å². The number of hydrogen-bond donors (Lipinski definition) is 1. The Morgan fingerprint density at radius 2 is 1.16 bits per heavy atom. The van der Waals surface area contributed by atoms with E-state index in [2.05, 4.69) is 58.9 Å². The Morgan fingerprint density at radius 3 is 1.71 bits per heavy atom. The summed E-state index contributed by atoms with van der Waals surface area (Å²) in [6.45, 7) is 11.2. The molecule has 0 aliphatic rings. The van der Waals surface area contributed by atoms with Crippen LogP contribution in [-0.2, 0) is 0 Å². The second kappa shape index (κ2) is 12.7. The number of hydrogen-bond acceptors (Lipinski definition) is 5. The number of aromatic hydroxyl groups is 1. The predicted octanol–water partition coefficient (Wildman–Crippen LogP) is 8.55. The molecule has 198 valence electrons. The molecule has 0 atom stereocenters. The van der Waals surface area contributed by atoms with Crippen LogP contribution in [-0.4, -0.2) is 26.7 Å². The molecule has 0 bridgehead atoms. The fraction of sp³-hybridized carbons (Fsp3) is 0.364. The Labute approximate surface area is 227 Å². The molecule has 0 unspecified atom stereocenters. The molecule has 4 aromatic rings. The average Bonchev–Trinajstić information content (AvgIpc) is 2.91. The summed E-state index contributed by atoms with van der Waals surface area (Å²) < 4.78 is 5.91. The number of ether oxygens (including phenoxy) is 1. The van der Waals surface area contributed by atoms with Crippen LogP contribution in [0.1, 0.15) is 67.7 Å². The molecule has 5 heteroatoms. The molecule has 3 aromatic carbocycles. The molecule has 0 amide bonds. The van der Waals surface area contributed by atoms with Gasteiger partial charge in [0, 0.05) is 17.2 Å². The maximum absolute atomic E-state index is 10.9. The molecule has 0 aliphatic heterocycles. The zero-order valence-electron chi connectivity index (χ0n) is 23.3. The van der Waals surface area contributed by atoms with Gasteiger partial charge < -0.3 is 9.84 Å². The number of phenols is 1. The maximum Gasteiger partial charge on any atom is 0.167 e. The normalized spacial score (nSPS) is 11.1. The van der Waals surface area contributed by atoms with Crippen LogP contribution in [0.2, 0.25) is 0 Å². The minimum absolute atomic E-state index is 0.0914. The molecule has 0 fully saturated rings. The van der Waals surface area contributed by atoms with Crippen molar-refractivity contribution in [2.45, 2.75) is 73.1 Å². The second-order valence-corrected chi connectivity index (χ2v) is 10.2. The van der Waals surface area contributed by atoms with Gasteiger partial charge in [0.2, 0.25) is 0 Å². The van der Waals surface area contributed by atoms with Crippen LogP contribution in [0, 0.1) is 27.7 Å². The topological polar surface area (TPSA) is 68.1 Å². The van der Waals surface area contributed by atoms with Crippen LogP contribution in [0.15, 0.2) is 54.6 Å². The fourth-order valence-electron chi connectivity index (χ4n) is 4.38. The van der Waals surface area contributed by atoms with Crippen LogP contribution in [0.25, 0.3) is 34.2 Å². The number of unbranched alkanes of at least 4 members (excludes halogenated alkanes) is 5. The average molecular weight is 510 g/mol. The van der Waals surface area contributed by atoms with Crippen molar-refractivity contribution in [2.24, 2.45) is 0 Å². The molecular formula is C33H39N3O2. The monoisotopic (exact) mass is 509 g/mol. The summed E-state index contributed by atoms with van der Waals surface area (Å²) in [5, 5.41) is 10.9. The second-order valence-electron chi connectivity index (χ2n) is 10.2. The fourth-order valence-corrected chi connectivity index (χ4v) is 4.38. The number of rotatable bonds is 11. The van der Waals surface area contributed by atoms with Gasteiger partial charge in [-0.15, -0.1) is 0 Å². The van der Waals surface area contributed by atoms with E-state index < -0.39 is 0 Å². The number of phenolic OH excluding ortho intramolecular Hbond substituents is 1. The zero-order chi connectivity index (χ0) is 27.1. The Bertz CT molecular complexity index is 1330. The van der Waals surface area contributed by atoms with Gasteiger partial charge in [-0.2, -0.15) is 0 Å². The van der Waals surface area contributed by atoms with E-state index in [1.165, 1.54) is 47.9 Å². The third kappa shape index (κ3) is 6.77. The van der Waals surface area contributed by atoms with Gasteiger partial charge in [-0.05, 0) is 80.6 Å². The molecule has 0 spiro atoms. The summed E-state index contributed by atoms with van der Waals surface area (Å²) >= 11 is 0. The SMILES string of the molecule is CCCCCCCCOc1ccc(-c2nc(-c3ccc(C)c(C)c3)nc(-c3ccc(C)c(C)c3)n2)c(O)c1. The van der Waals surface area contributed by atoms with E-state index in [1.807, 2.05) is 24.3 Å². The van der Waals surface area contributed by atoms with Gasteiger partial charge in [0.05, 0.1) is 12.2 Å². The lowest BCUT2D eigenvalue weighted by Gasteiger charge is -2.12. The van der Waals surface area contributed by atoms with E-state index in [-0.39, 0.29) is 5.75 Å². The van der Waals surface area contributed by atoms with Crippen molar-refractivity contribution >= 4 is 0 Å². The molecule has 0 saturated carbocycles. The number of aromatic nitrogens is 3. The molecule has 1 heterocycles. The maximum atomic E-state index is 10.9. The van der Waals surface area contributed by atoms with Gasteiger partial charge in [0.25, 0.3) is 0 Å². The number of nitrogens with zero attached hydrogens (tertiary/aromatic N) is 3. The van der Waals surface area contributed by atoms with Gasteiger partial charge in [-0.25, -0.2) is 15.0 Å². The summed E-state index contributed by atoms with van der Waals surface area (Å²) in [5.41, 5.74) is 7.16. The molecule has 4 rings (SSSR count). The summed E-state index contributed by atoms with van der Waals surface area (Å²) in [7, 11) is 0. The van der Waals surface area contributed by atoms with Crippen molar-refractivity contribution in [3.05, 3.63) is 76.9 Å². The van der Waals surface area contributed by atoms with Crippen molar-refractivity contribution < 1.29 is 9.84 Å².